The van der Waals surface area contributed by atoms with Crippen molar-refractivity contribution in [2.24, 2.45) is 4.99 Å². The molecule has 0 saturated carbocycles. The predicted molar refractivity (Wildman–Crippen MR) is 165 cm³/mol. The summed E-state index contributed by atoms with van der Waals surface area (Å²) in [5.74, 6) is 0.780. The second-order valence-electron chi connectivity index (χ2n) is 9.27. The number of amides is 1. The Morgan fingerprint density at radius 3 is 2.51 bits per heavy atom. The van der Waals surface area contributed by atoms with Gasteiger partial charge in [-0.2, -0.15) is 0 Å². The summed E-state index contributed by atoms with van der Waals surface area (Å²) in [5, 5.41) is 5.87. The molecule has 224 valence electrons. The number of anilines is 1. The van der Waals surface area contributed by atoms with Crippen LogP contribution in [0.2, 0.25) is 0 Å². The van der Waals surface area contributed by atoms with Crippen molar-refractivity contribution in [1.29, 1.82) is 0 Å². The number of nitrogens with zero attached hydrogens (tertiary/aromatic N) is 5. The normalized spacial score (nSPS) is 12.9. The molecular formula is C27H28N8O5S3. The number of hydrogen-bond donors (Lipinski definition) is 3. The summed E-state index contributed by atoms with van der Waals surface area (Å²) >= 11 is 2.19. The van der Waals surface area contributed by atoms with Gasteiger partial charge in [0, 0.05) is 23.8 Å². The zero-order chi connectivity index (χ0) is 30.4. The fourth-order valence-corrected chi connectivity index (χ4v) is 6.86. The van der Waals surface area contributed by atoms with E-state index in [1.165, 1.54) is 19.5 Å². The van der Waals surface area contributed by atoms with Gasteiger partial charge in [0.1, 0.15) is 9.24 Å². The first-order valence-electron chi connectivity index (χ1n) is 13.1. The quantitative estimate of drug-likeness (QED) is 0.161. The van der Waals surface area contributed by atoms with E-state index in [2.05, 4.69) is 40.3 Å². The maximum Gasteiger partial charge on any atom is 0.272 e. The molecule has 3 aromatic heterocycles. The standard InChI is InChI=1S/C27H28N8O5S3/c1-16(2)19-9-10-21(42-19)43(37,38)35-23-22(40-18-8-5-4-7-17(18)39-3)26(34-25(33-23)24-28-11-6-12-29-24)41-15-20(36)32-27-30-13-14-31-27/h4-12,16H,13-15H2,1-3H3,(H,33,34,35)(H2,30,31,32,36). The molecule has 4 heterocycles. The number of thiophene rings is 1. The molecule has 5 rings (SSSR count). The summed E-state index contributed by atoms with van der Waals surface area (Å²) in [4.78, 5) is 35.4. The third kappa shape index (κ3) is 7.39. The Hall–Kier alpha value is -4.28. The molecule has 0 unspecified atom stereocenters. The molecule has 0 atom stereocenters. The minimum Gasteiger partial charge on any atom is -0.493 e. The van der Waals surface area contributed by atoms with Crippen LogP contribution in [0.25, 0.3) is 11.6 Å². The summed E-state index contributed by atoms with van der Waals surface area (Å²) < 4.78 is 41.6. The van der Waals surface area contributed by atoms with Gasteiger partial charge in [-0.15, -0.1) is 11.3 Å². The van der Waals surface area contributed by atoms with Gasteiger partial charge in [0.05, 0.1) is 19.4 Å². The summed E-state index contributed by atoms with van der Waals surface area (Å²) in [6.45, 7) is 5.18. The number of aliphatic imine (C=N–C) groups is 1. The smallest absolute Gasteiger partial charge is 0.272 e. The van der Waals surface area contributed by atoms with E-state index in [0.717, 1.165) is 28.0 Å². The van der Waals surface area contributed by atoms with Crippen LogP contribution in [-0.4, -0.2) is 66.2 Å². The highest BCUT2D eigenvalue weighted by molar-refractivity contribution is 8.00. The molecule has 0 aliphatic carbocycles. The van der Waals surface area contributed by atoms with E-state index in [9.17, 15) is 13.2 Å². The molecule has 1 aliphatic heterocycles. The number of aromatic nitrogens is 4. The van der Waals surface area contributed by atoms with Crippen LogP contribution >= 0.6 is 23.1 Å². The molecule has 4 aromatic rings. The van der Waals surface area contributed by atoms with Crippen LogP contribution in [0.15, 0.2) is 69.1 Å². The van der Waals surface area contributed by atoms with Gasteiger partial charge in [-0.1, -0.05) is 37.7 Å². The number of para-hydroxylation sites is 2. The second kappa shape index (κ2) is 13.4. The molecule has 16 heteroatoms. The first kappa shape index (κ1) is 30.2. The number of nitrogens with one attached hydrogen (secondary N) is 3. The fraction of sp³-hybridized carbons (Fsp3) is 0.259. The largest absolute Gasteiger partial charge is 0.493 e. The zero-order valence-electron chi connectivity index (χ0n) is 23.4. The van der Waals surface area contributed by atoms with Crippen molar-refractivity contribution in [2.45, 2.75) is 29.0 Å². The van der Waals surface area contributed by atoms with Crippen molar-refractivity contribution in [3.63, 3.8) is 0 Å². The van der Waals surface area contributed by atoms with Crippen LogP contribution in [0, 0.1) is 0 Å². The Labute approximate surface area is 256 Å². The van der Waals surface area contributed by atoms with E-state index in [4.69, 9.17) is 9.47 Å². The van der Waals surface area contributed by atoms with E-state index < -0.39 is 10.0 Å². The van der Waals surface area contributed by atoms with Crippen molar-refractivity contribution in [1.82, 2.24) is 30.6 Å². The van der Waals surface area contributed by atoms with Gasteiger partial charge >= 0.3 is 0 Å². The Bertz CT molecular complexity index is 1750. The van der Waals surface area contributed by atoms with E-state index in [1.54, 1.807) is 42.5 Å². The number of thioether (sulfide) groups is 1. The molecule has 0 fully saturated rings. The maximum absolute atomic E-state index is 13.6. The molecule has 1 aliphatic rings. The van der Waals surface area contributed by atoms with Crippen molar-refractivity contribution in [3.8, 4) is 28.9 Å². The highest BCUT2D eigenvalue weighted by Crippen LogP contribution is 2.42. The monoisotopic (exact) mass is 640 g/mol. The molecule has 1 aromatic carbocycles. The third-order valence-corrected chi connectivity index (χ3v) is 9.99. The van der Waals surface area contributed by atoms with Crippen LogP contribution in [0.1, 0.15) is 24.6 Å². The average Bonchev–Trinajstić information content (AvgIpc) is 3.71. The minimum absolute atomic E-state index is 0.0254. The van der Waals surface area contributed by atoms with Crippen molar-refractivity contribution in [2.75, 3.05) is 30.7 Å². The van der Waals surface area contributed by atoms with Crippen LogP contribution < -0.4 is 24.8 Å². The minimum atomic E-state index is -4.11. The lowest BCUT2D eigenvalue weighted by Gasteiger charge is -2.17. The van der Waals surface area contributed by atoms with Gasteiger partial charge in [0.15, 0.2) is 29.1 Å². The molecule has 0 saturated heterocycles. The van der Waals surface area contributed by atoms with Gasteiger partial charge < -0.3 is 14.8 Å². The van der Waals surface area contributed by atoms with Gasteiger partial charge in [-0.05, 0) is 36.2 Å². The number of sulfonamides is 1. The van der Waals surface area contributed by atoms with E-state index in [0.29, 0.717) is 24.8 Å². The maximum atomic E-state index is 13.6. The van der Waals surface area contributed by atoms with Gasteiger partial charge in [0.25, 0.3) is 10.0 Å². The first-order chi connectivity index (χ1) is 20.7. The fourth-order valence-electron chi connectivity index (χ4n) is 3.77. The molecule has 0 bridgehead atoms. The Kier molecular flexibility index (Phi) is 9.37. The molecule has 43 heavy (non-hydrogen) atoms. The molecule has 13 nitrogen and oxygen atoms in total. The topological polar surface area (TPSA) is 170 Å². The summed E-state index contributed by atoms with van der Waals surface area (Å²) in [6, 6.07) is 11.8. The van der Waals surface area contributed by atoms with Crippen LogP contribution in [0.3, 0.4) is 0 Å². The molecule has 3 N–H and O–H groups in total. The highest BCUT2D eigenvalue weighted by Gasteiger charge is 2.27. The number of methoxy groups -OCH3 is 1. The number of rotatable bonds is 11. The van der Waals surface area contributed by atoms with Gasteiger partial charge in [-0.3, -0.25) is 19.8 Å². The average molecular weight is 641 g/mol. The lowest BCUT2D eigenvalue weighted by molar-refractivity contribution is -0.117. The van der Waals surface area contributed by atoms with Gasteiger partial charge in [0.2, 0.25) is 17.5 Å². The molecular weight excluding hydrogens is 613 g/mol. The van der Waals surface area contributed by atoms with E-state index in [-0.39, 0.29) is 55.8 Å². The van der Waals surface area contributed by atoms with Crippen molar-refractivity contribution >= 4 is 50.8 Å². The summed E-state index contributed by atoms with van der Waals surface area (Å²) in [5.41, 5.74) is 0. The zero-order valence-corrected chi connectivity index (χ0v) is 25.8. The van der Waals surface area contributed by atoms with Crippen molar-refractivity contribution < 1.29 is 22.7 Å². The second-order valence-corrected chi connectivity index (χ2v) is 13.3. The highest BCUT2D eigenvalue weighted by atomic mass is 32.2. The van der Waals surface area contributed by atoms with Crippen LogP contribution in [-0.2, 0) is 14.8 Å². The third-order valence-electron chi connectivity index (χ3n) is 5.82. The molecule has 0 radical (unpaired) electrons. The summed E-state index contributed by atoms with van der Waals surface area (Å²) in [7, 11) is -2.62. The number of carbonyl (C=O) groups is 1. The van der Waals surface area contributed by atoms with E-state index in [1.807, 2.05) is 13.8 Å². The Balaban J connectivity index is 1.59. The Morgan fingerprint density at radius 1 is 1.07 bits per heavy atom. The molecule has 0 spiro atoms. The van der Waals surface area contributed by atoms with E-state index >= 15 is 0 Å². The lowest BCUT2D eigenvalue weighted by Crippen LogP contribution is -2.39. The van der Waals surface area contributed by atoms with Crippen LogP contribution in [0.4, 0.5) is 5.82 Å². The predicted octanol–water partition coefficient (Wildman–Crippen LogP) is 3.89. The van der Waals surface area contributed by atoms with Crippen LogP contribution in [0.5, 0.6) is 17.2 Å². The van der Waals surface area contributed by atoms with Crippen molar-refractivity contribution in [3.05, 3.63) is 59.7 Å². The number of benzene rings is 1. The number of carbonyl (C=O) groups excluding carboxylic acids is 1. The number of hydrogen-bond acceptors (Lipinski definition) is 13. The number of ether oxygens (including phenoxy) is 2. The first-order valence-corrected chi connectivity index (χ1v) is 16.4. The lowest BCUT2D eigenvalue weighted by atomic mass is 10.2. The SMILES string of the molecule is COc1ccccc1Oc1c(NS(=O)(=O)c2ccc(C(C)C)s2)nc(-c2ncccn2)nc1SCC(=O)NC1=NCCN1. The Morgan fingerprint density at radius 2 is 1.84 bits per heavy atom. The summed E-state index contributed by atoms with van der Waals surface area (Å²) in [6.07, 6.45) is 3.03. The number of guanidine groups is 1. The van der Waals surface area contributed by atoms with Gasteiger partial charge in [-0.25, -0.2) is 28.4 Å². The molecule has 1 amide bonds.